The van der Waals surface area contributed by atoms with E-state index in [4.69, 9.17) is 5.73 Å². The summed E-state index contributed by atoms with van der Waals surface area (Å²) in [7, 11) is 0. The summed E-state index contributed by atoms with van der Waals surface area (Å²) < 4.78 is 0. The van der Waals surface area contributed by atoms with Crippen LogP contribution in [0.4, 0.5) is 0 Å². The molecule has 0 fully saturated rings. The number of rotatable bonds is 5. The Kier molecular flexibility index (Phi) is 4.91. The van der Waals surface area contributed by atoms with E-state index in [0.717, 1.165) is 19.3 Å². The smallest absolute Gasteiger partial charge is 0.0299 e. The molecule has 1 unspecified atom stereocenters. The quantitative estimate of drug-likeness (QED) is 0.901. The standard InChI is InChI=1S/C18H24N2/c1-13-9-14(2)18(15(3)10-13)11-17(19)7-6-16-5-4-8-20-12-16/h4-5,8-10,12,17H,6-7,11,19H2,1-3H3. The van der Waals surface area contributed by atoms with Gasteiger partial charge in [0.2, 0.25) is 0 Å². The van der Waals surface area contributed by atoms with Gasteiger partial charge in [-0.15, -0.1) is 0 Å². The van der Waals surface area contributed by atoms with Crippen LogP contribution in [0.1, 0.15) is 34.2 Å². The Morgan fingerprint density at radius 3 is 2.45 bits per heavy atom. The summed E-state index contributed by atoms with van der Waals surface area (Å²) in [4.78, 5) is 4.14. The molecule has 1 aromatic carbocycles. The van der Waals surface area contributed by atoms with E-state index in [0.29, 0.717) is 0 Å². The molecule has 2 aromatic rings. The number of nitrogens with two attached hydrogens (primary N) is 1. The SMILES string of the molecule is Cc1cc(C)c(CC(N)CCc2cccnc2)c(C)c1. The summed E-state index contributed by atoms with van der Waals surface area (Å²) in [5.41, 5.74) is 13.0. The second-order valence-corrected chi connectivity index (χ2v) is 5.74. The number of hydrogen-bond donors (Lipinski definition) is 1. The first-order valence-electron chi connectivity index (χ1n) is 7.27. The van der Waals surface area contributed by atoms with Gasteiger partial charge in [0, 0.05) is 18.4 Å². The predicted octanol–water partition coefficient (Wildman–Crippen LogP) is 3.51. The molecule has 1 atom stereocenters. The average Bonchev–Trinajstić information content (AvgIpc) is 2.42. The summed E-state index contributed by atoms with van der Waals surface area (Å²) >= 11 is 0. The lowest BCUT2D eigenvalue weighted by molar-refractivity contribution is 0.607. The zero-order chi connectivity index (χ0) is 14.5. The summed E-state index contributed by atoms with van der Waals surface area (Å²) in [5, 5.41) is 0. The molecule has 0 aliphatic heterocycles. The molecule has 106 valence electrons. The van der Waals surface area contributed by atoms with Crippen molar-refractivity contribution in [2.45, 2.75) is 46.1 Å². The fourth-order valence-corrected chi connectivity index (χ4v) is 2.79. The highest BCUT2D eigenvalue weighted by atomic mass is 14.6. The van der Waals surface area contributed by atoms with Gasteiger partial charge in [0.25, 0.3) is 0 Å². The van der Waals surface area contributed by atoms with Crippen LogP contribution in [0.2, 0.25) is 0 Å². The number of nitrogens with zero attached hydrogens (tertiary/aromatic N) is 1. The van der Waals surface area contributed by atoms with Crippen molar-refractivity contribution in [2.75, 3.05) is 0 Å². The Morgan fingerprint density at radius 2 is 1.85 bits per heavy atom. The minimum atomic E-state index is 0.204. The minimum Gasteiger partial charge on any atom is -0.327 e. The fraction of sp³-hybridized carbons (Fsp3) is 0.389. The van der Waals surface area contributed by atoms with Gasteiger partial charge in [-0.05, 0) is 68.4 Å². The second-order valence-electron chi connectivity index (χ2n) is 5.74. The molecule has 0 amide bonds. The van der Waals surface area contributed by atoms with Gasteiger partial charge < -0.3 is 5.73 Å². The fourth-order valence-electron chi connectivity index (χ4n) is 2.79. The van der Waals surface area contributed by atoms with Crippen LogP contribution in [0.3, 0.4) is 0 Å². The molecule has 20 heavy (non-hydrogen) atoms. The molecule has 2 nitrogen and oxygen atoms in total. The normalized spacial score (nSPS) is 12.4. The maximum absolute atomic E-state index is 6.31. The van der Waals surface area contributed by atoms with Crippen molar-refractivity contribution >= 4 is 0 Å². The molecular weight excluding hydrogens is 244 g/mol. The highest BCUT2D eigenvalue weighted by molar-refractivity contribution is 5.38. The molecule has 1 heterocycles. The second kappa shape index (κ2) is 6.67. The average molecular weight is 268 g/mol. The maximum atomic E-state index is 6.31. The van der Waals surface area contributed by atoms with Gasteiger partial charge in [0.15, 0.2) is 0 Å². The lowest BCUT2D eigenvalue weighted by Gasteiger charge is -2.16. The molecule has 2 N–H and O–H groups in total. The molecule has 0 aliphatic carbocycles. The molecule has 0 saturated carbocycles. The van der Waals surface area contributed by atoms with E-state index in [2.05, 4.69) is 44.0 Å². The Balaban J connectivity index is 1.96. The van der Waals surface area contributed by atoms with Crippen LogP contribution in [-0.4, -0.2) is 11.0 Å². The molecule has 0 bridgehead atoms. The van der Waals surface area contributed by atoms with Gasteiger partial charge >= 0.3 is 0 Å². The summed E-state index contributed by atoms with van der Waals surface area (Å²) in [5.74, 6) is 0. The van der Waals surface area contributed by atoms with Gasteiger partial charge in [-0.3, -0.25) is 4.98 Å². The van der Waals surface area contributed by atoms with Crippen molar-refractivity contribution in [2.24, 2.45) is 5.73 Å². The Hall–Kier alpha value is -1.67. The molecule has 1 aromatic heterocycles. The first-order chi connectivity index (χ1) is 9.56. The van der Waals surface area contributed by atoms with E-state index < -0.39 is 0 Å². The highest BCUT2D eigenvalue weighted by Gasteiger charge is 2.09. The zero-order valence-electron chi connectivity index (χ0n) is 12.7. The summed E-state index contributed by atoms with van der Waals surface area (Å²) in [6.07, 6.45) is 6.69. The Bertz CT molecular complexity index is 538. The first kappa shape index (κ1) is 14.7. The molecule has 0 aliphatic rings. The van der Waals surface area contributed by atoms with Crippen molar-refractivity contribution in [3.63, 3.8) is 0 Å². The van der Waals surface area contributed by atoms with E-state index in [1.165, 1.54) is 27.8 Å². The van der Waals surface area contributed by atoms with Crippen molar-refractivity contribution in [1.82, 2.24) is 4.98 Å². The summed E-state index contributed by atoms with van der Waals surface area (Å²) in [6.45, 7) is 6.51. The summed E-state index contributed by atoms with van der Waals surface area (Å²) in [6, 6.07) is 8.79. The van der Waals surface area contributed by atoms with Crippen molar-refractivity contribution in [1.29, 1.82) is 0 Å². The van der Waals surface area contributed by atoms with E-state index in [9.17, 15) is 0 Å². The monoisotopic (exact) mass is 268 g/mol. The first-order valence-corrected chi connectivity index (χ1v) is 7.27. The Labute approximate surface area is 122 Å². The number of pyridine rings is 1. The number of aromatic nitrogens is 1. The Morgan fingerprint density at radius 1 is 1.15 bits per heavy atom. The lowest BCUT2D eigenvalue weighted by atomic mass is 9.92. The molecule has 2 rings (SSSR count). The number of hydrogen-bond acceptors (Lipinski definition) is 2. The highest BCUT2D eigenvalue weighted by Crippen LogP contribution is 2.18. The minimum absolute atomic E-state index is 0.204. The van der Waals surface area contributed by atoms with Crippen LogP contribution in [0, 0.1) is 20.8 Å². The molecule has 0 radical (unpaired) electrons. The van der Waals surface area contributed by atoms with Crippen LogP contribution in [0.5, 0.6) is 0 Å². The topological polar surface area (TPSA) is 38.9 Å². The molecule has 0 saturated heterocycles. The van der Waals surface area contributed by atoms with Gasteiger partial charge in [-0.1, -0.05) is 23.8 Å². The van der Waals surface area contributed by atoms with Crippen molar-refractivity contribution in [3.05, 3.63) is 64.5 Å². The van der Waals surface area contributed by atoms with Crippen LogP contribution >= 0.6 is 0 Å². The third kappa shape index (κ3) is 3.91. The predicted molar refractivity (Wildman–Crippen MR) is 84.9 cm³/mol. The largest absolute Gasteiger partial charge is 0.327 e. The molecule has 0 spiro atoms. The molecular formula is C18H24N2. The number of aryl methyl sites for hydroxylation is 4. The van der Waals surface area contributed by atoms with Gasteiger partial charge in [-0.2, -0.15) is 0 Å². The van der Waals surface area contributed by atoms with Gasteiger partial charge in [-0.25, -0.2) is 0 Å². The van der Waals surface area contributed by atoms with Crippen LogP contribution in [-0.2, 0) is 12.8 Å². The van der Waals surface area contributed by atoms with Crippen LogP contribution in [0.25, 0.3) is 0 Å². The maximum Gasteiger partial charge on any atom is 0.0299 e. The van der Waals surface area contributed by atoms with Crippen LogP contribution in [0.15, 0.2) is 36.7 Å². The van der Waals surface area contributed by atoms with E-state index >= 15 is 0 Å². The zero-order valence-corrected chi connectivity index (χ0v) is 12.7. The third-order valence-electron chi connectivity index (χ3n) is 3.83. The lowest BCUT2D eigenvalue weighted by Crippen LogP contribution is -2.24. The van der Waals surface area contributed by atoms with Gasteiger partial charge in [0.1, 0.15) is 0 Å². The van der Waals surface area contributed by atoms with E-state index in [1.807, 2.05) is 18.5 Å². The molecule has 2 heteroatoms. The van der Waals surface area contributed by atoms with Crippen molar-refractivity contribution < 1.29 is 0 Å². The van der Waals surface area contributed by atoms with Gasteiger partial charge in [0.05, 0.1) is 0 Å². The van der Waals surface area contributed by atoms with Crippen LogP contribution < -0.4 is 5.73 Å². The van der Waals surface area contributed by atoms with Crippen molar-refractivity contribution in [3.8, 4) is 0 Å². The third-order valence-corrected chi connectivity index (χ3v) is 3.83. The number of benzene rings is 1. The van der Waals surface area contributed by atoms with E-state index in [1.54, 1.807) is 0 Å². The van der Waals surface area contributed by atoms with E-state index in [-0.39, 0.29) is 6.04 Å².